The normalized spacial score (nSPS) is 19.8. The number of halogens is 1. The van der Waals surface area contributed by atoms with Crippen molar-refractivity contribution in [3.05, 3.63) is 23.0 Å². The van der Waals surface area contributed by atoms with E-state index in [9.17, 15) is 4.79 Å². The van der Waals surface area contributed by atoms with E-state index in [1.807, 2.05) is 6.20 Å². The number of carbonyl (C=O) groups is 1. The molecule has 4 heteroatoms. The van der Waals surface area contributed by atoms with E-state index >= 15 is 0 Å². The summed E-state index contributed by atoms with van der Waals surface area (Å²) >= 11 is 2.10. The highest BCUT2D eigenvalue weighted by atomic mass is 127. The van der Waals surface area contributed by atoms with Crippen LogP contribution in [0.3, 0.4) is 0 Å². The van der Waals surface area contributed by atoms with E-state index in [0.29, 0.717) is 0 Å². The van der Waals surface area contributed by atoms with Crippen molar-refractivity contribution in [2.24, 2.45) is 0 Å². The first-order chi connectivity index (χ1) is 6.77. The van der Waals surface area contributed by atoms with Gasteiger partial charge in [-0.1, -0.05) is 0 Å². The van der Waals surface area contributed by atoms with Crippen LogP contribution in [0.15, 0.2) is 6.20 Å². The topological polar surface area (TPSA) is 25.2 Å². The molecule has 3 rings (SSSR count). The number of amides is 1. The number of rotatable bonds is 0. The lowest BCUT2D eigenvalue weighted by Gasteiger charge is -2.17. The monoisotopic (exact) mass is 302 g/mol. The molecule has 0 spiro atoms. The summed E-state index contributed by atoms with van der Waals surface area (Å²) in [5.41, 5.74) is 3.62. The largest absolute Gasteiger partial charge is 0.350 e. The van der Waals surface area contributed by atoms with Crippen LogP contribution in [0.1, 0.15) is 34.5 Å². The van der Waals surface area contributed by atoms with Gasteiger partial charge in [-0.15, -0.1) is 0 Å². The van der Waals surface area contributed by atoms with Crippen molar-refractivity contribution < 1.29 is 4.79 Å². The van der Waals surface area contributed by atoms with Crippen molar-refractivity contribution in [3.63, 3.8) is 0 Å². The van der Waals surface area contributed by atoms with Crippen LogP contribution in [0.25, 0.3) is 0 Å². The van der Waals surface area contributed by atoms with Crippen molar-refractivity contribution >= 4 is 28.8 Å². The van der Waals surface area contributed by atoms with Crippen LogP contribution < -0.4 is 0 Å². The molecular formula is C10H11IN2O. The summed E-state index contributed by atoms with van der Waals surface area (Å²) < 4.78 is 4.05. The van der Waals surface area contributed by atoms with Gasteiger partial charge < -0.3 is 4.57 Å². The Balaban J connectivity index is 2.14. The third-order valence-electron chi connectivity index (χ3n) is 3.12. The van der Waals surface area contributed by atoms with Crippen LogP contribution in [-0.4, -0.2) is 13.6 Å². The second kappa shape index (κ2) is 2.98. The van der Waals surface area contributed by atoms with Crippen LogP contribution in [-0.2, 0) is 19.5 Å². The minimum Gasteiger partial charge on any atom is -0.350 e. The van der Waals surface area contributed by atoms with Gasteiger partial charge in [-0.25, -0.2) is 0 Å². The minimum absolute atomic E-state index is 0.183. The third kappa shape index (κ3) is 1.06. The second-order valence-corrected chi connectivity index (χ2v) is 5.11. The summed E-state index contributed by atoms with van der Waals surface area (Å²) in [4.78, 5) is 11.7. The maximum Gasteiger partial charge on any atom is 0.264 e. The number of nitrogens with zero attached hydrogens (tertiary/aromatic N) is 2. The van der Waals surface area contributed by atoms with E-state index in [0.717, 1.165) is 25.1 Å². The van der Waals surface area contributed by atoms with Gasteiger partial charge in [-0.05, 0) is 19.3 Å². The molecule has 2 aliphatic heterocycles. The van der Waals surface area contributed by atoms with E-state index in [4.69, 9.17) is 0 Å². The summed E-state index contributed by atoms with van der Waals surface area (Å²) in [6, 6.07) is 0. The molecule has 74 valence electrons. The molecule has 0 saturated heterocycles. The van der Waals surface area contributed by atoms with E-state index in [1.165, 1.54) is 24.1 Å². The van der Waals surface area contributed by atoms with Crippen molar-refractivity contribution in [2.45, 2.75) is 32.4 Å². The Kier molecular flexibility index (Phi) is 1.87. The summed E-state index contributed by atoms with van der Waals surface area (Å²) in [6.07, 6.45) is 5.71. The summed E-state index contributed by atoms with van der Waals surface area (Å²) in [6.45, 7) is 1.90. The summed E-state index contributed by atoms with van der Waals surface area (Å²) in [5, 5.41) is 0. The number of aromatic nitrogens is 1. The van der Waals surface area contributed by atoms with Crippen LogP contribution in [0.4, 0.5) is 0 Å². The maximum absolute atomic E-state index is 11.7. The number of fused-ring (bicyclic) bond motifs is 3. The van der Waals surface area contributed by atoms with Crippen molar-refractivity contribution in [3.8, 4) is 0 Å². The van der Waals surface area contributed by atoms with Gasteiger partial charge >= 0.3 is 0 Å². The average Bonchev–Trinajstić information content (AvgIpc) is 2.67. The molecule has 0 aliphatic carbocycles. The Morgan fingerprint density at radius 1 is 1.36 bits per heavy atom. The molecule has 1 aromatic heterocycles. The molecule has 0 N–H and O–H groups in total. The summed E-state index contributed by atoms with van der Waals surface area (Å²) in [7, 11) is 0. The molecule has 2 aliphatic rings. The molecule has 1 aromatic rings. The van der Waals surface area contributed by atoms with Gasteiger partial charge in [-0.2, -0.15) is 0 Å². The van der Waals surface area contributed by atoms with Gasteiger partial charge in [-0.3, -0.25) is 7.91 Å². The molecule has 0 fully saturated rings. The molecule has 0 saturated carbocycles. The fourth-order valence-corrected chi connectivity index (χ4v) is 3.01. The standard InChI is InChI=1S/C10H11IN2O/c11-13-6-7-8(10(13)14)5-12-4-2-1-3-9(7)12/h5H,1-4,6H2. The molecule has 3 heterocycles. The van der Waals surface area contributed by atoms with Gasteiger partial charge in [0.1, 0.15) is 0 Å². The van der Waals surface area contributed by atoms with E-state index in [2.05, 4.69) is 27.4 Å². The molecule has 14 heavy (non-hydrogen) atoms. The zero-order valence-corrected chi connectivity index (χ0v) is 9.95. The lowest BCUT2D eigenvalue weighted by Crippen LogP contribution is -2.15. The highest BCUT2D eigenvalue weighted by Gasteiger charge is 2.31. The Morgan fingerprint density at radius 2 is 2.21 bits per heavy atom. The minimum atomic E-state index is 0.183. The number of hydrogen-bond donors (Lipinski definition) is 0. The predicted octanol–water partition coefficient (Wildman–Crippen LogP) is 2.13. The van der Waals surface area contributed by atoms with E-state index in [1.54, 1.807) is 3.11 Å². The molecular weight excluding hydrogens is 291 g/mol. The average molecular weight is 302 g/mol. The van der Waals surface area contributed by atoms with Gasteiger partial charge in [0.05, 0.1) is 35.0 Å². The first kappa shape index (κ1) is 8.76. The smallest absolute Gasteiger partial charge is 0.264 e. The van der Waals surface area contributed by atoms with Crippen LogP contribution in [0.5, 0.6) is 0 Å². The lowest BCUT2D eigenvalue weighted by atomic mass is 10.1. The number of carbonyl (C=O) groups excluding carboxylic acids is 1. The lowest BCUT2D eigenvalue weighted by molar-refractivity contribution is 0.0904. The Hall–Kier alpha value is -0.520. The van der Waals surface area contributed by atoms with Gasteiger partial charge in [0.25, 0.3) is 5.91 Å². The highest BCUT2D eigenvalue weighted by Crippen LogP contribution is 2.32. The van der Waals surface area contributed by atoms with E-state index < -0.39 is 0 Å². The van der Waals surface area contributed by atoms with Crippen LogP contribution in [0.2, 0.25) is 0 Å². The zero-order valence-electron chi connectivity index (χ0n) is 7.79. The fourth-order valence-electron chi connectivity index (χ4n) is 2.41. The van der Waals surface area contributed by atoms with Crippen molar-refractivity contribution in [1.82, 2.24) is 7.68 Å². The quantitative estimate of drug-likeness (QED) is 0.532. The van der Waals surface area contributed by atoms with Gasteiger partial charge in [0, 0.05) is 24.0 Å². The Morgan fingerprint density at radius 3 is 3.07 bits per heavy atom. The number of aryl methyl sites for hydroxylation is 1. The Labute approximate surface area is 96.6 Å². The molecule has 0 atom stereocenters. The fraction of sp³-hybridized carbons (Fsp3) is 0.500. The molecule has 0 unspecified atom stereocenters. The highest BCUT2D eigenvalue weighted by molar-refractivity contribution is 14.1. The first-order valence-electron chi connectivity index (χ1n) is 4.96. The molecule has 0 bridgehead atoms. The van der Waals surface area contributed by atoms with Crippen LogP contribution >= 0.6 is 22.9 Å². The molecule has 0 radical (unpaired) electrons. The number of hydrogen-bond acceptors (Lipinski definition) is 1. The molecule has 0 aromatic carbocycles. The predicted molar refractivity (Wildman–Crippen MR) is 61.3 cm³/mol. The molecule has 3 nitrogen and oxygen atoms in total. The van der Waals surface area contributed by atoms with Crippen LogP contribution in [0, 0.1) is 0 Å². The Bertz CT molecular complexity index is 410. The zero-order chi connectivity index (χ0) is 9.71. The maximum atomic E-state index is 11.7. The third-order valence-corrected chi connectivity index (χ3v) is 3.89. The van der Waals surface area contributed by atoms with Crippen molar-refractivity contribution in [1.29, 1.82) is 0 Å². The van der Waals surface area contributed by atoms with E-state index in [-0.39, 0.29) is 5.91 Å². The van der Waals surface area contributed by atoms with Crippen molar-refractivity contribution in [2.75, 3.05) is 0 Å². The summed E-state index contributed by atoms with van der Waals surface area (Å²) in [5.74, 6) is 0.183. The second-order valence-electron chi connectivity index (χ2n) is 3.94. The molecule has 1 amide bonds. The van der Waals surface area contributed by atoms with Gasteiger partial charge in [0.15, 0.2) is 0 Å². The SMILES string of the molecule is O=C1c2cn3c(c2CN1I)CCCC3. The van der Waals surface area contributed by atoms with Gasteiger partial charge in [0.2, 0.25) is 0 Å². The first-order valence-corrected chi connectivity index (χ1v) is 5.92.